The van der Waals surface area contributed by atoms with Crippen LogP contribution in [0.1, 0.15) is 95.8 Å². The van der Waals surface area contributed by atoms with Gasteiger partial charge in [-0.15, -0.1) is 5.10 Å². The molecule has 1 fully saturated rings. The van der Waals surface area contributed by atoms with Crippen LogP contribution in [0.5, 0.6) is 0 Å². The van der Waals surface area contributed by atoms with Gasteiger partial charge in [-0.3, -0.25) is 9.59 Å². The average molecular weight is 596 g/mol. The smallest absolute Gasteiger partial charge is 0.251 e. The highest BCUT2D eigenvalue weighted by Crippen LogP contribution is 2.47. The lowest BCUT2D eigenvalue weighted by Crippen LogP contribution is -2.42. The van der Waals surface area contributed by atoms with E-state index in [1.54, 1.807) is 6.07 Å². The molecule has 5 rings (SSSR count). The van der Waals surface area contributed by atoms with Crippen LogP contribution in [0.15, 0.2) is 48.7 Å². The first kappa shape index (κ1) is 30.9. The quantitative estimate of drug-likeness (QED) is 0.293. The highest BCUT2D eigenvalue weighted by molar-refractivity contribution is 5.95. The van der Waals surface area contributed by atoms with Gasteiger partial charge in [0.2, 0.25) is 5.91 Å². The first-order chi connectivity index (χ1) is 20.9. The van der Waals surface area contributed by atoms with Gasteiger partial charge in [-0.05, 0) is 117 Å². The first-order valence-corrected chi connectivity index (χ1v) is 15.1. The minimum Gasteiger partial charge on any atom is -0.366 e. The summed E-state index contributed by atoms with van der Waals surface area (Å²) in [5.74, 6) is -0.0675. The number of H-pyrrole nitrogens is 1. The Balaban J connectivity index is 1.58. The number of nitrogens with one attached hydrogen (secondary N) is 3. The predicted molar refractivity (Wildman–Crippen MR) is 167 cm³/mol. The third kappa shape index (κ3) is 6.08. The van der Waals surface area contributed by atoms with Gasteiger partial charge in [0, 0.05) is 41.5 Å². The fourth-order valence-electron chi connectivity index (χ4n) is 6.67. The molecule has 1 aromatic heterocycles. The van der Waals surface area contributed by atoms with Gasteiger partial charge in [-0.1, -0.05) is 18.7 Å². The molecule has 3 aromatic rings. The maximum atomic E-state index is 13.2. The molecule has 0 radical (unpaired) electrons. The van der Waals surface area contributed by atoms with E-state index in [2.05, 4.69) is 55.7 Å². The highest BCUT2D eigenvalue weighted by atomic mass is 16.2. The molecule has 3 atom stereocenters. The van der Waals surface area contributed by atoms with E-state index >= 15 is 0 Å². The van der Waals surface area contributed by atoms with E-state index in [9.17, 15) is 14.9 Å². The Morgan fingerprint density at radius 1 is 1.18 bits per heavy atom. The second-order valence-electron chi connectivity index (χ2n) is 13.0. The summed E-state index contributed by atoms with van der Waals surface area (Å²) in [6.07, 6.45) is 3.67. The normalized spacial score (nSPS) is 20.2. The second kappa shape index (κ2) is 12.2. The van der Waals surface area contributed by atoms with E-state index in [1.165, 1.54) is 0 Å². The number of nitrogens with zero attached hydrogens (tertiary/aromatic N) is 5. The Labute approximate surface area is 258 Å². The van der Waals surface area contributed by atoms with Crippen LogP contribution < -0.4 is 16.4 Å². The molecule has 1 aliphatic heterocycles. The number of fused-ring (bicyclic) bond motifs is 2. The molecule has 0 bridgehead atoms. The van der Waals surface area contributed by atoms with Gasteiger partial charge in [-0.2, -0.15) is 5.26 Å². The number of carbonyl (C=O) groups excluding carboxylic acids is 2. The van der Waals surface area contributed by atoms with Crippen molar-refractivity contribution in [1.82, 2.24) is 36.2 Å². The van der Waals surface area contributed by atoms with Crippen molar-refractivity contribution < 1.29 is 9.59 Å². The number of tetrazole rings is 1. The number of primary amides is 1. The topological polar surface area (TPSA) is 166 Å². The van der Waals surface area contributed by atoms with Crippen LogP contribution in [0, 0.1) is 11.3 Å². The van der Waals surface area contributed by atoms with Gasteiger partial charge >= 0.3 is 0 Å². The van der Waals surface area contributed by atoms with Crippen molar-refractivity contribution in [2.24, 2.45) is 5.73 Å². The highest BCUT2D eigenvalue weighted by Gasteiger charge is 2.45. The molecule has 1 aliphatic carbocycles. The van der Waals surface area contributed by atoms with Crippen molar-refractivity contribution in [3.05, 3.63) is 87.9 Å². The Bertz CT molecular complexity index is 1600. The van der Waals surface area contributed by atoms with Gasteiger partial charge < -0.3 is 21.3 Å². The van der Waals surface area contributed by atoms with Crippen molar-refractivity contribution >= 4 is 11.8 Å². The molecule has 0 saturated carbocycles. The van der Waals surface area contributed by atoms with Gasteiger partial charge in [0.1, 0.15) is 6.04 Å². The number of benzene rings is 2. The number of nitriles is 1. The average Bonchev–Trinajstić information content (AvgIpc) is 3.67. The maximum Gasteiger partial charge on any atom is 0.251 e. The van der Waals surface area contributed by atoms with Crippen molar-refractivity contribution in [1.29, 1.82) is 5.26 Å². The SMILES string of the molecule is C=C(CN[C@@H](C)CC1(c2nnn[nH]2)c2ccc(C(N)=O)cc2CCc2cc(C(=O)NC(C)(C)C)ccc21)N1CCCC1C#N. The molecule has 1 saturated heterocycles. The van der Waals surface area contributed by atoms with Crippen LogP contribution in [0.4, 0.5) is 0 Å². The molecule has 5 N–H and O–H groups in total. The van der Waals surface area contributed by atoms with E-state index in [0.29, 0.717) is 42.8 Å². The Hall–Kier alpha value is -4.56. The monoisotopic (exact) mass is 595 g/mol. The van der Waals surface area contributed by atoms with Crippen LogP contribution in [-0.4, -0.2) is 68.1 Å². The number of aromatic amines is 1. The number of aromatic nitrogens is 4. The third-order valence-corrected chi connectivity index (χ3v) is 8.65. The molecule has 2 aliphatic rings. The largest absolute Gasteiger partial charge is 0.366 e. The molecule has 0 spiro atoms. The fraction of sp³-hybridized carbons (Fsp3) is 0.455. The summed E-state index contributed by atoms with van der Waals surface area (Å²) in [6, 6.07) is 13.6. The molecule has 44 heavy (non-hydrogen) atoms. The Morgan fingerprint density at radius 2 is 1.84 bits per heavy atom. The summed E-state index contributed by atoms with van der Waals surface area (Å²) in [6.45, 7) is 13.6. The summed E-state index contributed by atoms with van der Waals surface area (Å²) in [4.78, 5) is 27.5. The molecule has 2 aromatic carbocycles. The zero-order valence-electron chi connectivity index (χ0n) is 25.9. The maximum absolute atomic E-state index is 13.2. The lowest BCUT2D eigenvalue weighted by atomic mass is 9.67. The van der Waals surface area contributed by atoms with Crippen LogP contribution in [0.3, 0.4) is 0 Å². The number of aryl methyl sites for hydroxylation is 2. The molecular weight excluding hydrogens is 554 g/mol. The molecule has 2 unspecified atom stereocenters. The van der Waals surface area contributed by atoms with Crippen LogP contribution in [0.2, 0.25) is 0 Å². The van der Waals surface area contributed by atoms with Gasteiger partial charge in [0.25, 0.3) is 5.91 Å². The number of rotatable bonds is 9. The Morgan fingerprint density at radius 3 is 2.43 bits per heavy atom. The fourth-order valence-corrected chi connectivity index (χ4v) is 6.67. The lowest BCUT2D eigenvalue weighted by Gasteiger charge is -2.37. The van der Waals surface area contributed by atoms with Crippen molar-refractivity contribution in [2.45, 2.75) is 82.8 Å². The third-order valence-electron chi connectivity index (χ3n) is 8.65. The standard InChI is InChI=1S/C33H41N9O2/c1-20(36-19-21(2)42-14-6-7-26(42)18-34)17-33(31-38-40-41-39-31)27-12-10-24(29(35)43)15-22(27)8-9-23-16-25(11-13-28(23)33)30(44)37-32(3,4)5/h10-13,15-16,20,26,36H,2,6-9,14,17,19H2,1,3-5H3,(H2,35,43)(H,37,44)(H,38,39,40,41)/t20-,26?,33?/m0/s1. The molecule has 2 heterocycles. The molecule has 230 valence electrons. The van der Waals surface area contributed by atoms with Crippen molar-refractivity contribution in [3.63, 3.8) is 0 Å². The van der Waals surface area contributed by atoms with Crippen LogP contribution in [0.25, 0.3) is 0 Å². The number of hydrogen-bond donors (Lipinski definition) is 4. The number of nitrogens with two attached hydrogens (primary N) is 1. The van der Waals surface area contributed by atoms with Crippen LogP contribution in [-0.2, 0) is 18.3 Å². The number of likely N-dealkylation sites (tertiary alicyclic amines) is 1. The minimum atomic E-state index is -0.837. The predicted octanol–water partition coefficient (Wildman–Crippen LogP) is 3.13. The van der Waals surface area contributed by atoms with Crippen molar-refractivity contribution in [2.75, 3.05) is 13.1 Å². The van der Waals surface area contributed by atoms with Gasteiger partial charge in [0.15, 0.2) is 5.82 Å². The summed E-state index contributed by atoms with van der Waals surface area (Å²) in [5, 5.41) is 31.7. The second-order valence-corrected chi connectivity index (χ2v) is 13.0. The number of amides is 2. The molecular formula is C33H41N9O2. The summed E-state index contributed by atoms with van der Waals surface area (Å²) in [5.41, 5.74) is 10.3. The molecule has 2 amide bonds. The zero-order chi connectivity index (χ0) is 31.6. The zero-order valence-corrected chi connectivity index (χ0v) is 25.9. The van der Waals surface area contributed by atoms with Crippen LogP contribution >= 0.6 is 0 Å². The van der Waals surface area contributed by atoms with E-state index < -0.39 is 11.3 Å². The summed E-state index contributed by atoms with van der Waals surface area (Å²) in [7, 11) is 0. The van der Waals surface area contributed by atoms with Crippen molar-refractivity contribution in [3.8, 4) is 6.07 Å². The summed E-state index contributed by atoms with van der Waals surface area (Å²) >= 11 is 0. The minimum absolute atomic E-state index is 0.0570. The molecule has 11 nitrogen and oxygen atoms in total. The lowest BCUT2D eigenvalue weighted by molar-refractivity contribution is 0.0918. The summed E-state index contributed by atoms with van der Waals surface area (Å²) < 4.78 is 0. The van der Waals surface area contributed by atoms with Gasteiger partial charge in [-0.25, -0.2) is 5.10 Å². The molecule has 11 heteroatoms. The number of hydrogen-bond acceptors (Lipinski definition) is 8. The van der Waals surface area contributed by atoms with E-state index in [0.717, 1.165) is 47.3 Å². The van der Waals surface area contributed by atoms with E-state index in [-0.39, 0.29) is 23.5 Å². The van der Waals surface area contributed by atoms with E-state index in [4.69, 9.17) is 5.73 Å². The van der Waals surface area contributed by atoms with E-state index in [1.807, 2.05) is 51.1 Å². The Kier molecular flexibility index (Phi) is 8.57. The van der Waals surface area contributed by atoms with Gasteiger partial charge in [0.05, 0.1) is 11.5 Å². The number of carbonyl (C=O) groups is 2. The first-order valence-electron chi connectivity index (χ1n) is 15.1.